The Hall–Kier alpha value is -4.19. The van der Waals surface area contributed by atoms with Gasteiger partial charge in [0.2, 0.25) is 0 Å². The van der Waals surface area contributed by atoms with Crippen molar-refractivity contribution in [2.45, 2.75) is 25.8 Å². The van der Waals surface area contributed by atoms with Crippen molar-refractivity contribution in [1.29, 1.82) is 0 Å². The summed E-state index contributed by atoms with van der Waals surface area (Å²) in [5.41, 5.74) is 6.36. The quantitative estimate of drug-likeness (QED) is 0.410. The number of rotatable bonds is 6. The van der Waals surface area contributed by atoms with E-state index in [1.807, 2.05) is 60.7 Å². The molecule has 0 saturated heterocycles. The third kappa shape index (κ3) is 4.60. The summed E-state index contributed by atoms with van der Waals surface area (Å²) >= 11 is 0. The van der Waals surface area contributed by atoms with E-state index in [2.05, 4.69) is 16.4 Å². The van der Waals surface area contributed by atoms with E-state index in [-0.39, 0.29) is 5.91 Å². The first kappa shape index (κ1) is 22.6. The first-order valence-corrected chi connectivity index (χ1v) is 11.7. The zero-order valence-electron chi connectivity index (χ0n) is 19.9. The van der Waals surface area contributed by atoms with Gasteiger partial charge in [0.15, 0.2) is 11.5 Å². The van der Waals surface area contributed by atoms with Gasteiger partial charge in [0, 0.05) is 11.6 Å². The van der Waals surface area contributed by atoms with Crippen LogP contribution in [-0.2, 0) is 13.0 Å². The van der Waals surface area contributed by atoms with Crippen molar-refractivity contribution in [3.63, 3.8) is 0 Å². The molecule has 0 unspecified atom stereocenters. The second kappa shape index (κ2) is 9.97. The average Bonchev–Trinajstić information content (AvgIpc) is 2.91. The van der Waals surface area contributed by atoms with Crippen LogP contribution in [0.25, 0.3) is 22.6 Å². The maximum absolute atomic E-state index is 13.5. The fourth-order valence-electron chi connectivity index (χ4n) is 4.64. The number of allylic oxidation sites excluding steroid dienone is 1. The van der Waals surface area contributed by atoms with Crippen LogP contribution in [0.1, 0.15) is 45.7 Å². The molecule has 176 valence electrons. The Labute approximate surface area is 204 Å². The second-order valence-corrected chi connectivity index (χ2v) is 8.47. The molecule has 0 spiro atoms. The minimum absolute atomic E-state index is 0.0992. The third-order valence-corrected chi connectivity index (χ3v) is 6.30. The van der Waals surface area contributed by atoms with Gasteiger partial charge < -0.3 is 14.8 Å². The topological polar surface area (TPSA) is 73.3 Å². The first-order valence-electron chi connectivity index (χ1n) is 11.7. The summed E-state index contributed by atoms with van der Waals surface area (Å²) in [5.74, 6) is 1.27. The Bertz CT molecular complexity index is 1410. The lowest BCUT2D eigenvalue weighted by Gasteiger charge is -2.23. The third-order valence-electron chi connectivity index (χ3n) is 6.30. The Kier molecular flexibility index (Phi) is 6.44. The highest BCUT2D eigenvalue weighted by molar-refractivity contribution is 6.09. The summed E-state index contributed by atoms with van der Waals surface area (Å²) in [4.78, 5) is 22.8. The van der Waals surface area contributed by atoms with Gasteiger partial charge in [0.05, 0.1) is 43.2 Å². The molecule has 2 aromatic heterocycles. The predicted molar refractivity (Wildman–Crippen MR) is 138 cm³/mol. The number of hydrogen-bond donors (Lipinski definition) is 1. The number of nitrogens with zero attached hydrogens (tertiary/aromatic N) is 2. The molecule has 0 saturated carbocycles. The van der Waals surface area contributed by atoms with Crippen molar-refractivity contribution in [3.05, 3.63) is 94.9 Å². The second-order valence-electron chi connectivity index (χ2n) is 8.47. The molecule has 1 amide bonds. The number of pyridine rings is 2. The molecule has 4 aromatic rings. The lowest BCUT2D eigenvalue weighted by molar-refractivity contribution is 0.0951. The van der Waals surface area contributed by atoms with Crippen LogP contribution < -0.4 is 14.8 Å². The minimum atomic E-state index is -0.0992. The Balaban J connectivity index is 1.58. The largest absolute Gasteiger partial charge is 0.493 e. The number of carbonyl (C=O) groups excluding carboxylic acids is 1. The van der Waals surface area contributed by atoms with Crippen molar-refractivity contribution in [1.82, 2.24) is 15.3 Å². The number of amides is 1. The van der Waals surface area contributed by atoms with Gasteiger partial charge in [-0.3, -0.25) is 9.78 Å². The SMILES string of the molecule is COc1ccc(/C=C2\CCCc3c2nc2ccccc2c3C(=O)NCc2ccccn2)cc1OC. The summed E-state index contributed by atoms with van der Waals surface area (Å²) in [6.45, 7) is 0.374. The number of methoxy groups -OCH3 is 2. The van der Waals surface area contributed by atoms with Gasteiger partial charge in [0.1, 0.15) is 0 Å². The number of hydrogen-bond acceptors (Lipinski definition) is 5. The normalized spacial score (nSPS) is 13.9. The van der Waals surface area contributed by atoms with Crippen LogP contribution in [0.4, 0.5) is 0 Å². The summed E-state index contributed by atoms with van der Waals surface area (Å²) < 4.78 is 10.9. The molecule has 0 bridgehead atoms. The van der Waals surface area contributed by atoms with Crippen LogP contribution >= 0.6 is 0 Å². The van der Waals surface area contributed by atoms with Gasteiger partial charge >= 0.3 is 0 Å². The lowest BCUT2D eigenvalue weighted by Crippen LogP contribution is -2.26. The number of nitrogens with one attached hydrogen (secondary N) is 1. The van der Waals surface area contributed by atoms with Gasteiger partial charge in [-0.15, -0.1) is 0 Å². The predicted octanol–water partition coefficient (Wildman–Crippen LogP) is 5.45. The molecule has 1 aliphatic carbocycles. The summed E-state index contributed by atoms with van der Waals surface area (Å²) in [7, 11) is 3.26. The van der Waals surface area contributed by atoms with Crippen LogP contribution in [0, 0.1) is 0 Å². The molecule has 5 rings (SSSR count). The maximum Gasteiger partial charge on any atom is 0.252 e. The van der Waals surface area contributed by atoms with E-state index in [4.69, 9.17) is 14.5 Å². The highest BCUT2D eigenvalue weighted by atomic mass is 16.5. The molecule has 0 aliphatic heterocycles. The Morgan fingerprint density at radius 2 is 1.83 bits per heavy atom. The van der Waals surface area contributed by atoms with Gasteiger partial charge in [-0.25, -0.2) is 4.98 Å². The number of ether oxygens (including phenoxy) is 2. The van der Waals surface area contributed by atoms with Crippen molar-refractivity contribution >= 4 is 28.5 Å². The van der Waals surface area contributed by atoms with Crippen LogP contribution in [0.3, 0.4) is 0 Å². The molecule has 0 atom stereocenters. The van der Waals surface area contributed by atoms with Gasteiger partial charge in [-0.1, -0.05) is 30.3 Å². The number of aromatic nitrogens is 2. The average molecular weight is 466 g/mol. The molecule has 0 fully saturated rings. The smallest absolute Gasteiger partial charge is 0.252 e. The van der Waals surface area contributed by atoms with Crippen molar-refractivity contribution in [2.75, 3.05) is 14.2 Å². The Morgan fingerprint density at radius 1 is 1.00 bits per heavy atom. The van der Waals surface area contributed by atoms with Crippen LogP contribution in [0.15, 0.2) is 66.9 Å². The monoisotopic (exact) mass is 465 g/mol. The zero-order valence-corrected chi connectivity index (χ0v) is 19.9. The van der Waals surface area contributed by atoms with E-state index in [0.717, 1.165) is 58.3 Å². The van der Waals surface area contributed by atoms with E-state index < -0.39 is 0 Å². The fourth-order valence-corrected chi connectivity index (χ4v) is 4.64. The molecule has 1 N–H and O–H groups in total. The minimum Gasteiger partial charge on any atom is -0.493 e. The van der Waals surface area contributed by atoms with Gasteiger partial charge in [-0.05, 0) is 72.4 Å². The molecule has 35 heavy (non-hydrogen) atoms. The lowest BCUT2D eigenvalue weighted by atomic mass is 9.85. The summed E-state index contributed by atoms with van der Waals surface area (Å²) in [6, 6.07) is 19.4. The molecular formula is C29H27N3O3. The highest BCUT2D eigenvalue weighted by Gasteiger charge is 2.25. The van der Waals surface area contributed by atoms with Crippen LogP contribution in [0.2, 0.25) is 0 Å². The molecule has 6 heteroatoms. The van der Waals surface area contributed by atoms with Crippen LogP contribution in [-0.4, -0.2) is 30.1 Å². The maximum atomic E-state index is 13.5. The molecule has 1 aliphatic rings. The van der Waals surface area contributed by atoms with E-state index in [0.29, 0.717) is 23.6 Å². The van der Waals surface area contributed by atoms with Gasteiger partial charge in [0.25, 0.3) is 5.91 Å². The summed E-state index contributed by atoms with van der Waals surface area (Å²) in [6.07, 6.45) is 6.52. The Morgan fingerprint density at radius 3 is 2.63 bits per heavy atom. The van der Waals surface area contributed by atoms with Crippen molar-refractivity contribution in [3.8, 4) is 11.5 Å². The number of fused-ring (bicyclic) bond motifs is 2. The molecule has 2 aromatic carbocycles. The number of benzene rings is 2. The fraction of sp³-hybridized carbons (Fsp3) is 0.207. The van der Waals surface area contributed by atoms with Gasteiger partial charge in [-0.2, -0.15) is 0 Å². The van der Waals surface area contributed by atoms with Crippen molar-refractivity contribution in [2.24, 2.45) is 0 Å². The van der Waals surface area contributed by atoms with E-state index in [1.165, 1.54) is 0 Å². The van der Waals surface area contributed by atoms with Crippen LogP contribution in [0.5, 0.6) is 11.5 Å². The number of para-hydroxylation sites is 1. The molecule has 0 radical (unpaired) electrons. The molecular weight excluding hydrogens is 438 g/mol. The zero-order chi connectivity index (χ0) is 24.2. The van der Waals surface area contributed by atoms with Crippen molar-refractivity contribution < 1.29 is 14.3 Å². The molecule has 2 heterocycles. The number of carbonyl (C=O) groups is 1. The highest BCUT2D eigenvalue weighted by Crippen LogP contribution is 2.37. The van der Waals surface area contributed by atoms with E-state index in [9.17, 15) is 4.79 Å². The van der Waals surface area contributed by atoms with E-state index in [1.54, 1.807) is 20.4 Å². The van der Waals surface area contributed by atoms with E-state index >= 15 is 0 Å². The summed E-state index contributed by atoms with van der Waals surface area (Å²) in [5, 5.41) is 3.94. The molecule has 6 nitrogen and oxygen atoms in total. The standard InChI is InChI=1S/C29H27N3O3/c1-34-25-14-13-19(17-26(25)35-2)16-20-8-7-11-23-27(22-10-3-4-12-24(22)32-28(20)23)29(33)31-18-21-9-5-6-15-30-21/h3-6,9-10,12-17H,7-8,11,18H2,1-2H3,(H,31,33)/b20-16+. The first-order chi connectivity index (χ1) is 17.2.